The minimum absolute atomic E-state index is 0.0995. The standard InChI is InChI=1S/C23H25FN4O4S/c1-26(15-19-14-25-27(17-19)16-18-5-3-2-4-6-18)23(29)20-7-8-21(24)22(13-20)33(30,31)28-9-11-32-12-10-28/h2-8,13-14,17H,9-12,15-16H2,1H3. The predicted molar refractivity (Wildman–Crippen MR) is 120 cm³/mol. The van der Waals surface area contributed by atoms with E-state index in [1.165, 1.54) is 15.3 Å². The molecule has 3 aromatic rings. The highest BCUT2D eigenvalue weighted by atomic mass is 32.2. The molecule has 2 aromatic carbocycles. The minimum Gasteiger partial charge on any atom is -0.379 e. The Morgan fingerprint density at radius 2 is 1.85 bits per heavy atom. The van der Waals surface area contributed by atoms with E-state index in [0.717, 1.165) is 23.3 Å². The van der Waals surface area contributed by atoms with Crippen LogP contribution in [-0.4, -0.2) is 66.7 Å². The van der Waals surface area contributed by atoms with Gasteiger partial charge in [0.05, 0.1) is 26.0 Å². The fourth-order valence-electron chi connectivity index (χ4n) is 3.67. The molecule has 1 saturated heterocycles. The monoisotopic (exact) mass is 472 g/mol. The zero-order chi connectivity index (χ0) is 23.4. The summed E-state index contributed by atoms with van der Waals surface area (Å²) in [5.74, 6) is -1.30. The molecule has 1 fully saturated rings. The average Bonchev–Trinajstić information content (AvgIpc) is 3.26. The second-order valence-electron chi connectivity index (χ2n) is 7.85. The molecule has 0 aliphatic carbocycles. The van der Waals surface area contributed by atoms with Crippen molar-refractivity contribution < 1.29 is 22.3 Å². The van der Waals surface area contributed by atoms with Crippen LogP contribution in [0.5, 0.6) is 0 Å². The lowest BCUT2D eigenvalue weighted by molar-refractivity contribution is 0.0729. The van der Waals surface area contributed by atoms with Gasteiger partial charge in [0.2, 0.25) is 10.0 Å². The lowest BCUT2D eigenvalue weighted by atomic mass is 10.2. The van der Waals surface area contributed by atoms with Gasteiger partial charge in [0, 0.05) is 44.0 Å². The van der Waals surface area contributed by atoms with Crippen molar-refractivity contribution in [2.75, 3.05) is 33.4 Å². The van der Waals surface area contributed by atoms with E-state index in [4.69, 9.17) is 4.74 Å². The Morgan fingerprint density at radius 3 is 2.58 bits per heavy atom. The van der Waals surface area contributed by atoms with Gasteiger partial charge in [0.25, 0.3) is 5.91 Å². The summed E-state index contributed by atoms with van der Waals surface area (Å²) in [5.41, 5.74) is 2.03. The Morgan fingerprint density at radius 1 is 1.12 bits per heavy atom. The highest BCUT2D eigenvalue weighted by Crippen LogP contribution is 2.22. The maximum atomic E-state index is 14.4. The number of halogens is 1. The number of amides is 1. The summed E-state index contributed by atoms with van der Waals surface area (Å²) in [7, 11) is -2.46. The van der Waals surface area contributed by atoms with Crippen molar-refractivity contribution in [3.63, 3.8) is 0 Å². The second kappa shape index (κ2) is 9.82. The van der Waals surface area contributed by atoms with E-state index in [0.29, 0.717) is 6.54 Å². The molecule has 0 bridgehead atoms. The first kappa shape index (κ1) is 23.1. The zero-order valence-corrected chi connectivity index (χ0v) is 19.0. The zero-order valence-electron chi connectivity index (χ0n) is 18.2. The van der Waals surface area contributed by atoms with E-state index in [-0.39, 0.29) is 38.4 Å². The van der Waals surface area contributed by atoms with Crippen molar-refractivity contribution in [2.24, 2.45) is 0 Å². The van der Waals surface area contributed by atoms with Crippen LogP contribution < -0.4 is 0 Å². The maximum Gasteiger partial charge on any atom is 0.253 e. The molecule has 0 unspecified atom stereocenters. The number of carbonyl (C=O) groups is 1. The summed E-state index contributed by atoms with van der Waals surface area (Å²) in [5, 5.41) is 4.34. The number of hydrogen-bond acceptors (Lipinski definition) is 5. The maximum absolute atomic E-state index is 14.4. The molecule has 10 heteroatoms. The molecule has 0 spiro atoms. The number of carbonyl (C=O) groups excluding carboxylic acids is 1. The Balaban J connectivity index is 1.47. The number of aromatic nitrogens is 2. The summed E-state index contributed by atoms with van der Waals surface area (Å²) in [6.45, 7) is 1.68. The summed E-state index contributed by atoms with van der Waals surface area (Å²) >= 11 is 0. The van der Waals surface area contributed by atoms with Crippen molar-refractivity contribution in [1.29, 1.82) is 0 Å². The van der Waals surface area contributed by atoms with Crippen molar-refractivity contribution in [2.45, 2.75) is 18.0 Å². The van der Waals surface area contributed by atoms with Crippen molar-refractivity contribution in [1.82, 2.24) is 19.0 Å². The SMILES string of the molecule is CN(Cc1cnn(Cc2ccccc2)c1)C(=O)c1ccc(F)c(S(=O)(=O)N2CCOCC2)c1. The van der Waals surface area contributed by atoms with Crippen LogP contribution in [0.3, 0.4) is 0 Å². The number of benzene rings is 2. The molecule has 0 atom stereocenters. The van der Waals surface area contributed by atoms with E-state index in [1.54, 1.807) is 17.9 Å². The fraction of sp³-hybridized carbons (Fsp3) is 0.304. The number of sulfonamides is 1. The first-order valence-corrected chi connectivity index (χ1v) is 12.0. The molecular formula is C23H25FN4O4S. The van der Waals surface area contributed by atoms with Crippen molar-refractivity contribution >= 4 is 15.9 Å². The average molecular weight is 473 g/mol. The van der Waals surface area contributed by atoms with E-state index < -0.39 is 26.6 Å². The van der Waals surface area contributed by atoms with Gasteiger partial charge in [0.1, 0.15) is 10.7 Å². The minimum atomic E-state index is -4.07. The van der Waals surface area contributed by atoms with Gasteiger partial charge in [-0.25, -0.2) is 12.8 Å². The predicted octanol–water partition coefficient (Wildman–Crippen LogP) is 2.36. The van der Waals surface area contributed by atoms with Crippen molar-refractivity contribution in [3.8, 4) is 0 Å². The van der Waals surface area contributed by atoms with E-state index in [1.807, 2.05) is 36.5 Å². The van der Waals surface area contributed by atoms with Crippen LogP contribution in [-0.2, 0) is 27.8 Å². The normalized spacial score (nSPS) is 14.8. The number of morpholine rings is 1. The van der Waals surface area contributed by atoms with E-state index in [2.05, 4.69) is 5.10 Å². The van der Waals surface area contributed by atoms with Gasteiger partial charge in [-0.1, -0.05) is 30.3 Å². The van der Waals surface area contributed by atoms with Gasteiger partial charge >= 0.3 is 0 Å². The van der Waals surface area contributed by atoms with E-state index >= 15 is 0 Å². The Hall–Kier alpha value is -3.08. The van der Waals surface area contributed by atoms with Crippen LogP contribution in [0, 0.1) is 5.82 Å². The Kier molecular flexibility index (Phi) is 6.87. The third kappa shape index (κ3) is 5.29. The number of hydrogen-bond donors (Lipinski definition) is 0. The van der Waals surface area contributed by atoms with Gasteiger partial charge < -0.3 is 9.64 Å². The molecule has 1 aromatic heterocycles. The van der Waals surface area contributed by atoms with Crippen molar-refractivity contribution in [3.05, 3.63) is 83.4 Å². The van der Waals surface area contributed by atoms with Crippen LogP contribution in [0.25, 0.3) is 0 Å². The van der Waals surface area contributed by atoms with Crippen LogP contribution in [0.2, 0.25) is 0 Å². The lowest BCUT2D eigenvalue weighted by Gasteiger charge is -2.26. The van der Waals surface area contributed by atoms with Gasteiger partial charge in [-0.15, -0.1) is 0 Å². The molecule has 8 nitrogen and oxygen atoms in total. The smallest absolute Gasteiger partial charge is 0.253 e. The molecule has 1 amide bonds. The topological polar surface area (TPSA) is 84.7 Å². The Bertz CT molecular complexity index is 1220. The Labute approximate surface area is 192 Å². The number of nitrogens with zero attached hydrogens (tertiary/aromatic N) is 4. The van der Waals surface area contributed by atoms with E-state index in [9.17, 15) is 17.6 Å². The molecular weight excluding hydrogens is 447 g/mol. The summed E-state index contributed by atoms with van der Waals surface area (Å²) in [6.07, 6.45) is 3.54. The fourth-order valence-corrected chi connectivity index (χ4v) is 5.17. The molecule has 2 heterocycles. The summed E-state index contributed by atoms with van der Waals surface area (Å²) in [6, 6.07) is 13.3. The highest BCUT2D eigenvalue weighted by molar-refractivity contribution is 7.89. The largest absolute Gasteiger partial charge is 0.379 e. The first-order valence-electron chi connectivity index (χ1n) is 10.5. The van der Waals surface area contributed by atoms with Gasteiger partial charge in [-0.05, 0) is 23.8 Å². The van der Waals surface area contributed by atoms with Crippen LogP contribution >= 0.6 is 0 Å². The molecule has 33 heavy (non-hydrogen) atoms. The van der Waals surface area contributed by atoms with Gasteiger partial charge in [-0.3, -0.25) is 9.48 Å². The quantitative estimate of drug-likeness (QED) is 0.527. The van der Waals surface area contributed by atoms with Gasteiger partial charge in [0.15, 0.2) is 0 Å². The number of ether oxygens (including phenoxy) is 1. The summed E-state index contributed by atoms with van der Waals surface area (Å²) < 4.78 is 48.4. The van der Waals surface area contributed by atoms with Crippen LogP contribution in [0.15, 0.2) is 65.8 Å². The van der Waals surface area contributed by atoms with Crippen LogP contribution in [0.1, 0.15) is 21.5 Å². The third-order valence-electron chi connectivity index (χ3n) is 5.41. The molecule has 174 valence electrons. The van der Waals surface area contributed by atoms with Crippen LogP contribution in [0.4, 0.5) is 4.39 Å². The molecule has 1 aliphatic rings. The third-order valence-corrected chi connectivity index (χ3v) is 7.32. The first-order chi connectivity index (χ1) is 15.8. The molecule has 0 saturated carbocycles. The number of rotatable bonds is 7. The lowest BCUT2D eigenvalue weighted by Crippen LogP contribution is -2.41. The highest BCUT2D eigenvalue weighted by Gasteiger charge is 2.30. The molecule has 0 N–H and O–H groups in total. The summed E-state index contributed by atoms with van der Waals surface area (Å²) in [4.78, 5) is 13.9. The molecule has 1 aliphatic heterocycles. The molecule has 4 rings (SSSR count). The second-order valence-corrected chi connectivity index (χ2v) is 9.76. The van der Waals surface area contributed by atoms with Gasteiger partial charge in [-0.2, -0.15) is 9.40 Å². The molecule has 0 radical (unpaired) electrons.